The second-order valence-electron chi connectivity index (χ2n) is 6.22. The monoisotopic (exact) mass is 277 g/mol. The summed E-state index contributed by atoms with van der Waals surface area (Å²) in [5, 5.41) is 19.6. The Labute approximate surface area is 119 Å². The SMILES string of the molecule is COC1(OC)[NH+]=C(N)[C@@]2(C#N)[C@@](C)(CC(C)C)[C@@]12C#N. The molecule has 0 radical (unpaired) electrons. The normalized spacial score (nSPS) is 40.7. The molecule has 0 unspecified atom stereocenters. The molecule has 0 spiro atoms. The molecule has 2 rings (SSSR count). The highest BCUT2D eigenvalue weighted by Gasteiger charge is 3.02. The molecule has 6 heteroatoms. The zero-order valence-electron chi connectivity index (χ0n) is 12.6. The average molecular weight is 277 g/mol. The molecule has 1 aliphatic heterocycles. The highest BCUT2D eigenvalue weighted by atomic mass is 16.7. The number of methoxy groups -OCH3 is 2. The van der Waals surface area contributed by atoms with Gasteiger partial charge in [-0.25, -0.2) is 4.99 Å². The van der Waals surface area contributed by atoms with Crippen molar-refractivity contribution in [2.75, 3.05) is 14.2 Å². The highest BCUT2D eigenvalue weighted by molar-refractivity contribution is 5.94. The Hall–Kier alpha value is -1.63. The minimum atomic E-state index is -1.38. The predicted molar refractivity (Wildman–Crippen MR) is 70.6 cm³/mol. The van der Waals surface area contributed by atoms with E-state index in [-0.39, 0.29) is 5.84 Å². The first-order chi connectivity index (χ1) is 9.29. The van der Waals surface area contributed by atoms with Gasteiger partial charge in [-0.1, -0.05) is 20.8 Å². The zero-order chi connectivity index (χ0) is 15.4. The van der Waals surface area contributed by atoms with E-state index >= 15 is 0 Å². The fourth-order valence-corrected chi connectivity index (χ4v) is 4.42. The van der Waals surface area contributed by atoms with Crippen LogP contribution >= 0.6 is 0 Å². The molecule has 20 heavy (non-hydrogen) atoms. The van der Waals surface area contributed by atoms with Gasteiger partial charge >= 0.3 is 5.91 Å². The fraction of sp³-hybridized carbons (Fsp3) is 0.786. The van der Waals surface area contributed by atoms with E-state index in [1.54, 1.807) is 0 Å². The number of ether oxygens (including phenoxy) is 2. The minimum absolute atomic E-state index is 0.258. The van der Waals surface area contributed by atoms with Crippen molar-refractivity contribution >= 4 is 5.84 Å². The quantitative estimate of drug-likeness (QED) is 0.672. The molecular weight excluding hydrogens is 256 g/mol. The number of nitrogens with two attached hydrogens (primary N) is 1. The number of amidine groups is 1. The molecule has 3 atom stereocenters. The van der Waals surface area contributed by atoms with E-state index in [4.69, 9.17) is 15.2 Å². The van der Waals surface area contributed by atoms with E-state index in [1.165, 1.54) is 14.2 Å². The van der Waals surface area contributed by atoms with Gasteiger partial charge in [-0.15, -0.1) is 0 Å². The van der Waals surface area contributed by atoms with Crippen LogP contribution < -0.4 is 10.7 Å². The van der Waals surface area contributed by atoms with Crippen molar-refractivity contribution in [3.05, 3.63) is 0 Å². The van der Waals surface area contributed by atoms with Gasteiger partial charge in [-0.3, -0.25) is 5.73 Å². The number of fused-ring (bicyclic) bond motifs is 1. The van der Waals surface area contributed by atoms with E-state index in [9.17, 15) is 10.5 Å². The van der Waals surface area contributed by atoms with Gasteiger partial charge in [0.25, 0.3) is 5.84 Å². The molecule has 0 amide bonds. The Balaban J connectivity index is 2.71. The van der Waals surface area contributed by atoms with Gasteiger partial charge in [-0.2, -0.15) is 10.5 Å². The van der Waals surface area contributed by atoms with Gasteiger partial charge in [0.2, 0.25) is 0 Å². The summed E-state index contributed by atoms with van der Waals surface area (Å²) in [6, 6.07) is 4.56. The van der Waals surface area contributed by atoms with E-state index in [1.807, 2.05) is 6.92 Å². The standard InChI is InChI=1S/C14H20N4O2/c1-9(2)6-11(3)12(7-15)10(17)18-14(19-4,20-5)13(11,12)8-16/h9H,6H2,1-5H3,(H2,17,18)/p+1/t11-,12+,13-/m1/s1. The Kier molecular flexibility index (Phi) is 2.91. The lowest BCUT2D eigenvalue weighted by Gasteiger charge is -2.30. The van der Waals surface area contributed by atoms with Gasteiger partial charge in [0.1, 0.15) is 0 Å². The summed E-state index contributed by atoms with van der Waals surface area (Å²) in [5.41, 5.74) is 3.22. The van der Waals surface area contributed by atoms with Crippen LogP contribution in [0.1, 0.15) is 27.2 Å². The molecule has 1 saturated carbocycles. The third-order valence-electron chi connectivity index (χ3n) is 5.08. The molecule has 1 aliphatic carbocycles. The molecule has 1 heterocycles. The van der Waals surface area contributed by atoms with Crippen molar-refractivity contribution < 1.29 is 14.5 Å². The van der Waals surface area contributed by atoms with E-state index in [0.29, 0.717) is 12.3 Å². The summed E-state index contributed by atoms with van der Waals surface area (Å²) in [6.07, 6.45) is 0.685. The van der Waals surface area contributed by atoms with Crippen LogP contribution in [-0.2, 0) is 9.47 Å². The van der Waals surface area contributed by atoms with Gasteiger partial charge in [0, 0.05) is 19.6 Å². The molecule has 0 aromatic rings. The second-order valence-corrected chi connectivity index (χ2v) is 6.22. The number of hydrogen-bond donors (Lipinski definition) is 2. The van der Waals surface area contributed by atoms with Crippen LogP contribution in [0.15, 0.2) is 0 Å². The van der Waals surface area contributed by atoms with Crippen LogP contribution in [0.4, 0.5) is 0 Å². The van der Waals surface area contributed by atoms with E-state index in [2.05, 4.69) is 31.0 Å². The summed E-state index contributed by atoms with van der Waals surface area (Å²) < 4.78 is 10.9. The second kappa shape index (κ2) is 3.94. The summed E-state index contributed by atoms with van der Waals surface area (Å²) in [6.45, 7) is 6.03. The number of rotatable bonds is 4. The van der Waals surface area contributed by atoms with Crippen molar-refractivity contribution in [1.82, 2.24) is 0 Å². The topological polar surface area (TPSA) is 106 Å². The first-order valence-corrected chi connectivity index (χ1v) is 6.63. The predicted octanol–water partition coefficient (Wildman–Crippen LogP) is -0.530. The van der Waals surface area contributed by atoms with Crippen molar-refractivity contribution in [2.45, 2.75) is 33.1 Å². The summed E-state index contributed by atoms with van der Waals surface area (Å²) in [5.74, 6) is -0.806. The maximum atomic E-state index is 9.86. The van der Waals surface area contributed by atoms with Crippen LogP contribution in [0.25, 0.3) is 0 Å². The van der Waals surface area contributed by atoms with Gasteiger partial charge < -0.3 is 9.47 Å². The number of nitrogens with one attached hydrogen (secondary N) is 1. The van der Waals surface area contributed by atoms with E-state index in [0.717, 1.165) is 0 Å². The molecule has 0 saturated heterocycles. The van der Waals surface area contributed by atoms with Crippen LogP contribution in [0, 0.1) is 44.8 Å². The molecule has 6 nitrogen and oxygen atoms in total. The molecule has 108 valence electrons. The largest absolute Gasteiger partial charge is 0.342 e. The lowest BCUT2D eigenvalue weighted by Crippen LogP contribution is -2.91. The zero-order valence-corrected chi connectivity index (χ0v) is 12.6. The Bertz CT molecular complexity index is 555. The number of hydrogen-bond acceptors (Lipinski definition) is 5. The van der Waals surface area contributed by atoms with Gasteiger partial charge in [-0.05, 0) is 12.3 Å². The smallest absolute Gasteiger partial charge is 0.317 e. The Morgan fingerprint density at radius 1 is 1.25 bits per heavy atom. The summed E-state index contributed by atoms with van der Waals surface area (Å²) >= 11 is 0. The molecule has 0 aromatic carbocycles. The third kappa shape index (κ3) is 1.06. The lowest BCUT2D eigenvalue weighted by molar-refractivity contribution is -0.690. The maximum Gasteiger partial charge on any atom is 0.342 e. The van der Waals surface area contributed by atoms with E-state index < -0.39 is 22.2 Å². The molecule has 3 N–H and O–H groups in total. The summed E-state index contributed by atoms with van der Waals surface area (Å²) in [4.78, 5) is 2.88. The van der Waals surface area contributed by atoms with Crippen LogP contribution in [0.2, 0.25) is 0 Å². The number of nitrogens with zero attached hydrogens (tertiary/aromatic N) is 2. The van der Waals surface area contributed by atoms with Crippen molar-refractivity contribution in [1.29, 1.82) is 10.5 Å². The number of nitriles is 2. The molecule has 0 bridgehead atoms. The third-order valence-corrected chi connectivity index (χ3v) is 5.08. The minimum Gasteiger partial charge on any atom is -0.317 e. The Morgan fingerprint density at radius 3 is 2.15 bits per heavy atom. The van der Waals surface area contributed by atoms with Crippen molar-refractivity contribution in [3.8, 4) is 12.1 Å². The first-order valence-electron chi connectivity index (χ1n) is 6.63. The first kappa shape index (κ1) is 14.8. The van der Waals surface area contributed by atoms with Crippen LogP contribution in [0.3, 0.4) is 0 Å². The van der Waals surface area contributed by atoms with Crippen molar-refractivity contribution in [2.24, 2.45) is 27.9 Å². The average Bonchev–Trinajstić information content (AvgIpc) is 2.76. The molecule has 2 aliphatic rings. The molecule has 1 fully saturated rings. The lowest BCUT2D eigenvalue weighted by atomic mass is 9.84. The molecule has 0 aromatic heterocycles. The summed E-state index contributed by atoms with van der Waals surface area (Å²) in [7, 11) is 2.90. The van der Waals surface area contributed by atoms with Crippen LogP contribution in [0.5, 0.6) is 0 Å². The maximum absolute atomic E-state index is 9.86. The van der Waals surface area contributed by atoms with Crippen molar-refractivity contribution in [3.63, 3.8) is 0 Å². The highest BCUT2D eigenvalue weighted by Crippen LogP contribution is 2.83. The van der Waals surface area contributed by atoms with Gasteiger partial charge in [0.05, 0.1) is 12.1 Å². The molecular formula is C14H21N4O2+. The van der Waals surface area contributed by atoms with Gasteiger partial charge in [0.15, 0.2) is 10.8 Å². The fourth-order valence-electron chi connectivity index (χ4n) is 4.42. The Morgan fingerprint density at radius 2 is 1.80 bits per heavy atom. The van der Waals surface area contributed by atoms with Crippen LogP contribution in [-0.4, -0.2) is 26.0 Å².